The molecule has 0 spiro atoms. The summed E-state index contributed by atoms with van der Waals surface area (Å²) in [6.45, 7) is 1.99. The van der Waals surface area contributed by atoms with Crippen LogP contribution in [0.4, 0.5) is 0 Å². The third kappa shape index (κ3) is 2.83. The lowest BCUT2D eigenvalue weighted by atomic mass is 10.2. The number of aryl methyl sites for hydroxylation is 1. The van der Waals surface area contributed by atoms with Gasteiger partial charge in [0.05, 0.1) is 0 Å². The lowest BCUT2D eigenvalue weighted by molar-refractivity contribution is 0.662. The molecule has 1 aliphatic rings. The molecule has 3 rings (SSSR count). The fourth-order valence-electron chi connectivity index (χ4n) is 2.54. The molecule has 0 radical (unpaired) electrons. The molecule has 1 saturated carbocycles. The van der Waals surface area contributed by atoms with Crippen molar-refractivity contribution >= 4 is 10.9 Å². The van der Waals surface area contributed by atoms with E-state index >= 15 is 0 Å². The van der Waals surface area contributed by atoms with Crippen LogP contribution in [0.5, 0.6) is 0 Å². The van der Waals surface area contributed by atoms with E-state index < -0.39 is 0 Å². The molecule has 1 fully saturated rings. The van der Waals surface area contributed by atoms with Crippen molar-refractivity contribution in [2.45, 2.75) is 44.8 Å². The maximum Gasteiger partial charge on any atom is 0.0483 e. The van der Waals surface area contributed by atoms with E-state index in [1.54, 1.807) is 0 Å². The molecule has 0 saturated heterocycles. The summed E-state index contributed by atoms with van der Waals surface area (Å²) in [7, 11) is 0. The van der Waals surface area contributed by atoms with E-state index in [9.17, 15) is 0 Å². The summed E-state index contributed by atoms with van der Waals surface area (Å²) in [5, 5.41) is 4.97. The fourth-order valence-corrected chi connectivity index (χ4v) is 2.54. The van der Waals surface area contributed by atoms with Crippen LogP contribution in [-0.4, -0.2) is 10.6 Å². The van der Waals surface area contributed by atoms with Gasteiger partial charge in [-0.3, -0.25) is 0 Å². The van der Waals surface area contributed by atoms with Crippen molar-refractivity contribution in [1.82, 2.24) is 9.88 Å². The Kier molecular flexibility index (Phi) is 3.57. The Morgan fingerprint density at radius 2 is 2.16 bits per heavy atom. The number of hydrogen-bond acceptors (Lipinski definition) is 1. The van der Waals surface area contributed by atoms with Gasteiger partial charge in [0.2, 0.25) is 0 Å². The minimum absolute atomic E-state index is 0.753. The Balaban J connectivity index is 1.82. The summed E-state index contributed by atoms with van der Waals surface area (Å²) in [6.07, 6.45) is 12.2. The van der Waals surface area contributed by atoms with E-state index in [1.165, 1.54) is 29.3 Å². The largest absolute Gasteiger partial charge is 0.347 e. The van der Waals surface area contributed by atoms with Crippen molar-refractivity contribution in [2.24, 2.45) is 0 Å². The van der Waals surface area contributed by atoms with Crippen molar-refractivity contribution in [1.29, 1.82) is 0 Å². The molecule has 1 aromatic carbocycles. The first-order valence-electron chi connectivity index (χ1n) is 7.12. The molecule has 1 heterocycles. The predicted octanol–water partition coefficient (Wildman–Crippen LogP) is 3.31. The quantitative estimate of drug-likeness (QED) is 0.616. The van der Waals surface area contributed by atoms with E-state index in [1.807, 2.05) is 0 Å². The zero-order valence-electron chi connectivity index (χ0n) is 11.2. The first-order valence-corrected chi connectivity index (χ1v) is 7.12. The van der Waals surface area contributed by atoms with Gasteiger partial charge in [-0.15, -0.1) is 12.3 Å². The summed E-state index contributed by atoms with van der Waals surface area (Å²) >= 11 is 0. The molecular weight excluding hydrogens is 232 g/mol. The molecular formula is C17H20N2. The van der Waals surface area contributed by atoms with Gasteiger partial charge < -0.3 is 9.88 Å². The second kappa shape index (κ2) is 5.50. The lowest BCUT2D eigenvalue weighted by Gasteiger charge is -2.02. The number of unbranched alkanes of at least 4 members (excludes halogenated alkanes) is 1. The number of nitrogens with zero attached hydrogens (tertiary/aromatic N) is 1. The summed E-state index contributed by atoms with van der Waals surface area (Å²) in [4.78, 5) is 0. The molecule has 0 bridgehead atoms. The van der Waals surface area contributed by atoms with Crippen LogP contribution in [0.1, 0.15) is 31.2 Å². The normalized spacial score (nSPS) is 14.7. The molecule has 2 aromatic rings. The Morgan fingerprint density at radius 1 is 1.32 bits per heavy atom. The molecule has 19 heavy (non-hydrogen) atoms. The number of para-hydroxylation sites is 1. The Hall–Kier alpha value is -1.72. The second-order valence-electron chi connectivity index (χ2n) is 5.33. The lowest BCUT2D eigenvalue weighted by Crippen LogP contribution is -2.14. The Bertz CT molecular complexity index is 599. The van der Waals surface area contributed by atoms with Crippen molar-refractivity contribution in [3.8, 4) is 12.3 Å². The summed E-state index contributed by atoms with van der Waals surface area (Å²) in [5.41, 5.74) is 2.73. The number of nitrogens with one attached hydrogen (secondary N) is 1. The minimum atomic E-state index is 0.753. The summed E-state index contributed by atoms with van der Waals surface area (Å²) in [5.74, 6) is 2.72. The third-order valence-corrected chi connectivity index (χ3v) is 3.75. The molecule has 0 unspecified atom stereocenters. The maximum absolute atomic E-state index is 5.33. The van der Waals surface area contributed by atoms with Gasteiger partial charge in [-0.2, -0.15) is 0 Å². The number of terminal acetylenes is 1. The van der Waals surface area contributed by atoms with Crippen LogP contribution < -0.4 is 5.32 Å². The molecule has 1 aliphatic carbocycles. The van der Waals surface area contributed by atoms with Crippen molar-refractivity contribution in [3.05, 3.63) is 36.0 Å². The second-order valence-corrected chi connectivity index (χ2v) is 5.33. The molecule has 2 nitrogen and oxygen atoms in total. The van der Waals surface area contributed by atoms with Crippen LogP contribution in [0.3, 0.4) is 0 Å². The van der Waals surface area contributed by atoms with Crippen LogP contribution in [0.25, 0.3) is 10.9 Å². The highest BCUT2D eigenvalue weighted by atomic mass is 15.0. The third-order valence-electron chi connectivity index (χ3n) is 3.75. The average molecular weight is 252 g/mol. The van der Waals surface area contributed by atoms with Crippen LogP contribution >= 0.6 is 0 Å². The van der Waals surface area contributed by atoms with E-state index in [0.717, 1.165) is 32.0 Å². The van der Waals surface area contributed by atoms with Gasteiger partial charge in [0.15, 0.2) is 0 Å². The SMILES string of the molecule is C#CCCCn1cc(CNC2CC2)c2ccccc21. The van der Waals surface area contributed by atoms with Gasteiger partial charge >= 0.3 is 0 Å². The van der Waals surface area contributed by atoms with Crippen LogP contribution in [0.15, 0.2) is 30.5 Å². The number of fused-ring (bicyclic) bond motifs is 1. The zero-order chi connectivity index (χ0) is 13.1. The van der Waals surface area contributed by atoms with E-state index in [4.69, 9.17) is 6.42 Å². The smallest absolute Gasteiger partial charge is 0.0483 e. The van der Waals surface area contributed by atoms with Crippen molar-refractivity contribution in [3.63, 3.8) is 0 Å². The highest BCUT2D eigenvalue weighted by molar-refractivity contribution is 5.83. The molecule has 0 atom stereocenters. The number of aromatic nitrogens is 1. The standard InChI is InChI=1S/C17H20N2/c1-2-3-6-11-19-13-14(12-18-15-9-10-15)16-7-4-5-8-17(16)19/h1,4-5,7-8,13,15,18H,3,6,9-12H2. The van der Waals surface area contributed by atoms with Crippen LogP contribution in [0.2, 0.25) is 0 Å². The maximum atomic E-state index is 5.33. The minimum Gasteiger partial charge on any atom is -0.347 e. The summed E-state index contributed by atoms with van der Waals surface area (Å²) in [6, 6.07) is 9.40. The Morgan fingerprint density at radius 3 is 2.95 bits per heavy atom. The predicted molar refractivity (Wildman–Crippen MR) is 79.9 cm³/mol. The van der Waals surface area contributed by atoms with Crippen molar-refractivity contribution < 1.29 is 0 Å². The van der Waals surface area contributed by atoms with Crippen molar-refractivity contribution in [2.75, 3.05) is 0 Å². The zero-order valence-corrected chi connectivity index (χ0v) is 11.2. The topological polar surface area (TPSA) is 17.0 Å². The highest BCUT2D eigenvalue weighted by Crippen LogP contribution is 2.24. The number of benzene rings is 1. The van der Waals surface area contributed by atoms with Gasteiger partial charge in [-0.1, -0.05) is 18.2 Å². The highest BCUT2D eigenvalue weighted by Gasteiger charge is 2.20. The van der Waals surface area contributed by atoms with Gasteiger partial charge in [0.1, 0.15) is 0 Å². The van der Waals surface area contributed by atoms with Crippen LogP contribution in [-0.2, 0) is 13.1 Å². The van der Waals surface area contributed by atoms with E-state index in [2.05, 4.69) is 46.3 Å². The number of hydrogen-bond donors (Lipinski definition) is 1. The molecule has 2 heteroatoms. The average Bonchev–Trinajstić information content (AvgIpc) is 3.20. The van der Waals surface area contributed by atoms with E-state index in [0.29, 0.717) is 0 Å². The monoisotopic (exact) mass is 252 g/mol. The number of rotatable bonds is 6. The van der Waals surface area contributed by atoms with Gasteiger partial charge in [-0.25, -0.2) is 0 Å². The molecule has 1 aromatic heterocycles. The first-order chi connectivity index (χ1) is 9.38. The van der Waals surface area contributed by atoms with E-state index in [-0.39, 0.29) is 0 Å². The fraction of sp³-hybridized carbons (Fsp3) is 0.412. The van der Waals surface area contributed by atoms with Gasteiger partial charge in [0, 0.05) is 42.7 Å². The molecule has 98 valence electrons. The molecule has 0 amide bonds. The first kappa shape index (κ1) is 12.3. The van der Waals surface area contributed by atoms with Gasteiger partial charge in [0.25, 0.3) is 0 Å². The summed E-state index contributed by atoms with van der Waals surface area (Å²) < 4.78 is 2.34. The van der Waals surface area contributed by atoms with Crippen LogP contribution in [0, 0.1) is 12.3 Å². The molecule has 1 N–H and O–H groups in total. The molecule has 0 aliphatic heterocycles. The van der Waals surface area contributed by atoms with Gasteiger partial charge in [-0.05, 0) is 30.9 Å². The Labute approximate surface area is 114 Å².